The second-order valence-electron chi connectivity index (χ2n) is 3.37. The van der Waals surface area contributed by atoms with Crippen LogP contribution in [0.2, 0.25) is 0 Å². The zero-order valence-corrected chi connectivity index (χ0v) is 7.82. The highest BCUT2D eigenvalue weighted by Gasteiger charge is 2.25. The summed E-state index contributed by atoms with van der Waals surface area (Å²) in [6.45, 7) is 4.68. The first-order valence-corrected chi connectivity index (χ1v) is 4.82. The van der Waals surface area contributed by atoms with Gasteiger partial charge in [-0.25, -0.2) is 0 Å². The molecule has 0 unspecified atom stereocenters. The van der Waals surface area contributed by atoms with Crippen LogP contribution in [0.1, 0.15) is 15.7 Å². The number of rotatable bonds is 1. The van der Waals surface area contributed by atoms with Gasteiger partial charge in [0.05, 0.1) is 0 Å². The van der Waals surface area contributed by atoms with Crippen molar-refractivity contribution < 1.29 is 0 Å². The minimum atomic E-state index is 0.832. The lowest BCUT2D eigenvalue weighted by Gasteiger charge is -2.35. The highest BCUT2D eigenvalue weighted by Crippen LogP contribution is 2.30. The van der Waals surface area contributed by atoms with Crippen molar-refractivity contribution in [3.63, 3.8) is 0 Å². The van der Waals surface area contributed by atoms with Gasteiger partial charge in [-0.15, -0.1) is 11.3 Å². The van der Waals surface area contributed by atoms with Gasteiger partial charge >= 0.3 is 0 Å². The average molecular weight is 167 g/mol. The van der Waals surface area contributed by atoms with Crippen LogP contribution < -0.4 is 0 Å². The van der Waals surface area contributed by atoms with E-state index in [1.54, 1.807) is 4.88 Å². The molecule has 1 aromatic heterocycles. The minimum absolute atomic E-state index is 0.832. The second kappa shape index (κ2) is 2.61. The Kier molecular flexibility index (Phi) is 1.74. The Labute approximate surface area is 71.7 Å². The van der Waals surface area contributed by atoms with Crippen molar-refractivity contribution in [1.82, 2.24) is 4.90 Å². The van der Waals surface area contributed by atoms with Crippen molar-refractivity contribution >= 4 is 11.3 Å². The summed E-state index contributed by atoms with van der Waals surface area (Å²) in [7, 11) is 2.18. The predicted octanol–water partition coefficient (Wildman–Crippen LogP) is 2.09. The molecule has 0 amide bonds. The topological polar surface area (TPSA) is 3.24 Å². The van der Waals surface area contributed by atoms with E-state index < -0.39 is 0 Å². The van der Waals surface area contributed by atoms with Gasteiger partial charge in [0.15, 0.2) is 0 Å². The van der Waals surface area contributed by atoms with Crippen LogP contribution in [0.4, 0.5) is 0 Å². The van der Waals surface area contributed by atoms with Gasteiger partial charge in [-0.1, -0.05) is 0 Å². The predicted molar refractivity (Wildman–Crippen MR) is 49.3 cm³/mol. The standard InChI is InChI=1S/C9H13NS/c1-7-3-4-9(11-7)8-5-10(2)6-8/h3-4,8H,5-6H2,1-2H3. The fourth-order valence-electron chi connectivity index (χ4n) is 1.55. The van der Waals surface area contributed by atoms with Crippen LogP contribution in [-0.4, -0.2) is 25.0 Å². The van der Waals surface area contributed by atoms with Gasteiger partial charge in [0.1, 0.15) is 0 Å². The number of aryl methyl sites for hydroxylation is 1. The highest BCUT2D eigenvalue weighted by atomic mass is 32.1. The Morgan fingerprint density at radius 1 is 1.45 bits per heavy atom. The summed E-state index contributed by atoms with van der Waals surface area (Å²) >= 11 is 1.95. The molecule has 1 aliphatic heterocycles. The normalized spacial score (nSPS) is 20.2. The summed E-state index contributed by atoms with van der Waals surface area (Å²) in [5.41, 5.74) is 0. The summed E-state index contributed by atoms with van der Waals surface area (Å²) in [4.78, 5) is 5.37. The summed E-state index contributed by atoms with van der Waals surface area (Å²) in [6.07, 6.45) is 0. The number of nitrogens with zero attached hydrogens (tertiary/aromatic N) is 1. The third kappa shape index (κ3) is 1.33. The molecule has 1 nitrogen and oxygen atoms in total. The number of likely N-dealkylation sites (N-methyl/N-ethyl adjacent to an activating group) is 1. The molecule has 2 heteroatoms. The molecule has 0 aromatic carbocycles. The van der Waals surface area contributed by atoms with Gasteiger partial charge in [0.2, 0.25) is 0 Å². The van der Waals surface area contributed by atoms with E-state index in [1.165, 1.54) is 18.0 Å². The Balaban J connectivity index is 2.07. The van der Waals surface area contributed by atoms with Gasteiger partial charge in [0, 0.05) is 28.8 Å². The van der Waals surface area contributed by atoms with Crippen LogP contribution in [0.25, 0.3) is 0 Å². The molecule has 0 aliphatic carbocycles. The van der Waals surface area contributed by atoms with E-state index in [4.69, 9.17) is 0 Å². The van der Waals surface area contributed by atoms with Crippen LogP contribution >= 0.6 is 11.3 Å². The second-order valence-corrected chi connectivity index (χ2v) is 4.69. The molecule has 1 fully saturated rings. The molecule has 60 valence electrons. The van der Waals surface area contributed by atoms with E-state index in [0.717, 1.165) is 5.92 Å². The maximum atomic E-state index is 2.36. The number of hydrogen-bond donors (Lipinski definition) is 0. The molecule has 0 bridgehead atoms. The monoisotopic (exact) mass is 167 g/mol. The number of likely N-dealkylation sites (tertiary alicyclic amines) is 1. The van der Waals surface area contributed by atoms with E-state index >= 15 is 0 Å². The third-order valence-electron chi connectivity index (χ3n) is 2.23. The maximum absolute atomic E-state index is 2.36. The van der Waals surface area contributed by atoms with Gasteiger partial charge in [0.25, 0.3) is 0 Å². The van der Waals surface area contributed by atoms with Crippen LogP contribution in [0.5, 0.6) is 0 Å². The van der Waals surface area contributed by atoms with Gasteiger partial charge in [-0.3, -0.25) is 0 Å². The molecule has 0 spiro atoms. The van der Waals surface area contributed by atoms with E-state index in [-0.39, 0.29) is 0 Å². The molecular weight excluding hydrogens is 154 g/mol. The Morgan fingerprint density at radius 2 is 2.18 bits per heavy atom. The van der Waals surface area contributed by atoms with Crippen LogP contribution in [0.3, 0.4) is 0 Å². The molecule has 1 saturated heterocycles. The molecule has 0 radical (unpaired) electrons. The van der Waals surface area contributed by atoms with E-state index in [2.05, 4.69) is 31.0 Å². The summed E-state index contributed by atoms with van der Waals surface area (Å²) in [6, 6.07) is 4.50. The molecule has 2 rings (SSSR count). The van der Waals surface area contributed by atoms with Gasteiger partial charge in [-0.05, 0) is 26.1 Å². The maximum Gasteiger partial charge on any atom is 0.0188 e. The lowest BCUT2D eigenvalue weighted by atomic mass is 10.00. The van der Waals surface area contributed by atoms with E-state index in [9.17, 15) is 0 Å². The fraction of sp³-hybridized carbons (Fsp3) is 0.556. The molecular formula is C9H13NS. The fourth-order valence-corrected chi connectivity index (χ4v) is 2.51. The van der Waals surface area contributed by atoms with Crippen LogP contribution in [0.15, 0.2) is 12.1 Å². The molecule has 1 aromatic rings. The molecule has 2 heterocycles. The van der Waals surface area contributed by atoms with E-state index in [1.807, 2.05) is 11.3 Å². The quantitative estimate of drug-likeness (QED) is 0.619. The van der Waals surface area contributed by atoms with Crippen molar-refractivity contribution in [2.24, 2.45) is 0 Å². The largest absolute Gasteiger partial charge is 0.305 e. The first-order chi connectivity index (χ1) is 5.25. The first-order valence-electron chi connectivity index (χ1n) is 4.00. The third-order valence-corrected chi connectivity index (χ3v) is 3.39. The lowest BCUT2D eigenvalue weighted by molar-refractivity contribution is 0.192. The SMILES string of the molecule is Cc1ccc(C2CN(C)C2)s1. The molecule has 0 N–H and O–H groups in total. The van der Waals surface area contributed by atoms with Crippen molar-refractivity contribution in [3.8, 4) is 0 Å². The van der Waals surface area contributed by atoms with Gasteiger partial charge < -0.3 is 4.90 Å². The zero-order chi connectivity index (χ0) is 7.84. The molecule has 0 atom stereocenters. The van der Waals surface area contributed by atoms with Crippen molar-refractivity contribution in [3.05, 3.63) is 21.9 Å². The van der Waals surface area contributed by atoms with Crippen molar-refractivity contribution in [2.75, 3.05) is 20.1 Å². The summed E-state index contributed by atoms with van der Waals surface area (Å²) in [5, 5.41) is 0. The average Bonchev–Trinajstić information content (AvgIpc) is 2.29. The number of hydrogen-bond acceptors (Lipinski definition) is 2. The Morgan fingerprint density at radius 3 is 2.64 bits per heavy atom. The van der Waals surface area contributed by atoms with Crippen LogP contribution in [0, 0.1) is 6.92 Å². The van der Waals surface area contributed by atoms with E-state index in [0.29, 0.717) is 0 Å². The lowest BCUT2D eigenvalue weighted by Crippen LogP contribution is -2.41. The van der Waals surface area contributed by atoms with Crippen molar-refractivity contribution in [1.29, 1.82) is 0 Å². The number of thiophene rings is 1. The Hall–Kier alpha value is -0.340. The summed E-state index contributed by atoms with van der Waals surface area (Å²) < 4.78 is 0. The molecule has 11 heavy (non-hydrogen) atoms. The highest BCUT2D eigenvalue weighted by molar-refractivity contribution is 7.12. The first kappa shape index (κ1) is 7.32. The molecule has 0 saturated carbocycles. The smallest absolute Gasteiger partial charge is 0.0188 e. The minimum Gasteiger partial charge on any atom is -0.305 e. The van der Waals surface area contributed by atoms with Crippen molar-refractivity contribution in [2.45, 2.75) is 12.8 Å². The van der Waals surface area contributed by atoms with Crippen LogP contribution in [-0.2, 0) is 0 Å². The Bertz CT molecular complexity index is 248. The summed E-state index contributed by atoms with van der Waals surface area (Å²) in [5.74, 6) is 0.832. The van der Waals surface area contributed by atoms with Gasteiger partial charge in [-0.2, -0.15) is 0 Å². The zero-order valence-electron chi connectivity index (χ0n) is 7.00. The molecule has 1 aliphatic rings.